The van der Waals surface area contributed by atoms with Gasteiger partial charge in [-0.15, -0.1) is 0 Å². The molecule has 3 rings (SSSR count). The summed E-state index contributed by atoms with van der Waals surface area (Å²) in [4.78, 5) is 28.3. The van der Waals surface area contributed by atoms with Crippen LogP contribution in [0.5, 0.6) is 0 Å². The number of piperazine rings is 1. The van der Waals surface area contributed by atoms with E-state index in [0.717, 1.165) is 37.5 Å². The van der Waals surface area contributed by atoms with E-state index >= 15 is 0 Å². The zero-order valence-corrected chi connectivity index (χ0v) is 10.8. The first-order valence-electron chi connectivity index (χ1n) is 6.32. The van der Waals surface area contributed by atoms with Gasteiger partial charge in [0.15, 0.2) is 5.65 Å². The first-order chi connectivity index (χ1) is 9.24. The number of hydrogen-bond acceptors (Lipinski definition) is 5. The average Bonchev–Trinajstić information content (AvgIpc) is 2.47. The van der Waals surface area contributed by atoms with E-state index in [9.17, 15) is 4.79 Å². The fraction of sp³-hybridized carbons (Fsp3) is 0.385. The highest BCUT2D eigenvalue weighted by Crippen LogP contribution is 2.16. The molecule has 2 aromatic heterocycles. The van der Waals surface area contributed by atoms with Crippen LogP contribution in [-0.4, -0.2) is 51.9 Å². The third kappa shape index (κ3) is 2.33. The van der Waals surface area contributed by atoms with E-state index in [4.69, 9.17) is 0 Å². The van der Waals surface area contributed by atoms with Gasteiger partial charge in [-0.1, -0.05) is 0 Å². The number of pyridine rings is 1. The predicted molar refractivity (Wildman–Crippen MR) is 71.8 cm³/mol. The first kappa shape index (κ1) is 11.8. The molecule has 1 aliphatic rings. The third-order valence-electron chi connectivity index (χ3n) is 3.37. The summed E-state index contributed by atoms with van der Waals surface area (Å²) in [6, 6.07) is 3.89. The van der Waals surface area contributed by atoms with Gasteiger partial charge >= 0.3 is 0 Å². The number of rotatable bonds is 1. The predicted octanol–water partition coefficient (Wildman–Crippen LogP) is 0.693. The number of aromatic nitrogens is 3. The number of carbonyl (C=O) groups is 1. The Hall–Kier alpha value is -2.24. The molecular weight excluding hydrogens is 242 g/mol. The highest BCUT2D eigenvalue weighted by Gasteiger charge is 2.19. The molecule has 6 heteroatoms. The lowest BCUT2D eigenvalue weighted by Crippen LogP contribution is -2.48. The molecule has 2 aromatic rings. The SMILES string of the molecule is CC(=O)N1CCN(c2ccc3nccnc3n2)CC1. The Morgan fingerprint density at radius 1 is 1.11 bits per heavy atom. The lowest BCUT2D eigenvalue weighted by atomic mass is 10.3. The molecule has 6 nitrogen and oxygen atoms in total. The summed E-state index contributed by atoms with van der Waals surface area (Å²) in [5.41, 5.74) is 1.46. The zero-order valence-electron chi connectivity index (χ0n) is 10.8. The van der Waals surface area contributed by atoms with E-state index in [1.807, 2.05) is 17.0 Å². The number of hydrogen-bond donors (Lipinski definition) is 0. The monoisotopic (exact) mass is 257 g/mol. The average molecular weight is 257 g/mol. The largest absolute Gasteiger partial charge is 0.353 e. The van der Waals surface area contributed by atoms with E-state index in [-0.39, 0.29) is 5.91 Å². The first-order valence-corrected chi connectivity index (χ1v) is 6.32. The van der Waals surface area contributed by atoms with Crippen molar-refractivity contribution in [2.24, 2.45) is 0 Å². The fourth-order valence-corrected chi connectivity index (χ4v) is 2.27. The molecular formula is C13H15N5O. The maximum Gasteiger partial charge on any atom is 0.219 e. The number of anilines is 1. The maximum atomic E-state index is 11.3. The summed E-state index contributed by atoms with van der Waals surface area (Å²) in [5.74, 6) is 1.04. The lowest BCUT2D eigenvalue weighted by molar-refractivity contribution is -0.129. The van der Waals surface area contributed by atoms with E-state index < -0.39 is 0 Å². The van der Waals surface area contributed by atoms with E-state index in [1.54, 1.807) is 19.3 Å². The number of carbonyl (C=O) groups excluding carboxylic acids is 1. The van der Waals surface area contributed by atoms with Gasteiger partial charge in [-0.05, 0) is 12.1 Å². The summed E-state index contributed by atoms with van der Waals surface area (Å²) in [6.45, 7) is 4.71. The van der Waals surface area contributed by atoms with Crippen LogP contribution in [0.3, 0.4) is 0 Å². The summed E-state index contributed by atoms with van der Waals surface area (Å²) in [7, 11) is 0. The van der Waals surface area contributed by atoms with E-state index in [2.05, 4.69) is 19.9 Å². The minimum Gasteiger partial charge on any atom is -0.353 e. The molecule has 0 bridgehead atoms. The molecule has 0 radical (unpaired) electrons. The number of fused-ring (bicyclic) bond motifs is 1. The Bertz CT molecular complexity index is 607. The molecule has 0 spiro atoms. The molecule has 0 atom stereocenters. The van der Waals surface area contributed by atoms with Crippen LogP contribution in [-0.2, 0) is 4.79 Å². The summed E-state index contributed by atoms with van der Waals surface area (Å²) < 4.78 is 0. The van der Waals surface area contributed by atoms with Crippen molar-refractivity contribution in [3.63, 3.8) is 0 Å². The van der Waals surface area contributed by atoms with Gasteiger partial charge < -0.3 is 9.80 Å². The van der Waals surface area contributed by atoms with Gasteiger partial charge in [0, 0.05) is 45.5 Å². The van der Waals surface area contributed by atoms with Gasteiger partial charge in [-0.2, -0.15) is 0 Å². The van der Waals surface area contributed by atoms with E-state index in [0.29, 0.717) is 5.65 Å². The molecule has 98 valence electrons. The minimum absolute atomic E-state index is 0.136. The Balaban J connectivity index is 1.80. The van der Waals surface area contributed by atoms with Crippen LogP contribution in [0, 0.1) is 0 Å². The van der Waals surface area contributed by atoms with Crippen molar-refractivity contribution in [1.82, 2.24) is 19.9 Å². The highest BCUT2D eigenvalue weighted by molar-refractivity contribution is 5.74. The minimum atomic E-state index is 0.136. The molecule has 0 unspecified atom stereocenters. The Morgan fingerprint density at radius 3 is 2.58 bits per heavy atom. The highest BCUT2D eigenvalue weighted by atomic mass is 16.2. The molecule has 0 aromatic carbocycles. The molecule has 3 heterocycles. The maximum absolute atomic E-state index is 11.3. The van der Waals surface area contributed by atoms with Crippen molar-refractivity contribution in [1.29, 1.82) is 0 Å². The molecule has 1 saturated heterocycles. The van der Waals surface area contributed by atoms with Gasteiger partial charge in [0.2, 0.25) is 5.91 Å². The normalized spacial score (nSPS) is 15.8. The Kier molecular flexibility index (Phi) is 2.98. The van der Waals surface area contributed by atoms with Crippen LogP contribution in [0.1, 0.15) is 6.92 Å². The quantitative estimate of drug-likeness (QED) is 0.752. The van der Waals surface area contributed by atoms with Gasteiger partial charge in [-0.3, -0.25) is 9.78 Å². The van der Waals surface area contributed by atoms with Crippen molar-refractivity contribution >= 4 is 22.9 Å². The van der Waals surface area contributed by atoms with Crippen LogP contribution in [0.4, 0.5) is 5.82 Å². The van der Waals surface area contributed by atoms with Crippen LogP contribution in [0.15, 0.2) is 24.5 Å². The smallest absolute Gasteiger partial charge is 0.219 e. The van der Waals surface area contributed by atoms with Crippen molar-refractivity contribution in [2.75, 3.05) is 31.1 Å². The van der Waals surface area contributed by atoms with Crippen LogP contribution in [0.25, 0.3) is 11.2 Å². The second-order valence-corrected chi connectivity index (χ2v) is 4.56. The van der Waals surface area contributed by atoms with Gasteiger partial charge in [0.1, 0.15) is 11.3 Å². The molecule has 0 aliphatic carbocycles. The van der Waals surface area contributed by atoms with Gasteiger partial charge in [0.05, 0.1) is 0 Å². The summed E-state index contributed by atoms with van der Waals surface area (Å²) in [5, 5.41) is 0. The zero-order chi connectivity index (χ0) is 13.2. The van der Waals surface area contributed by atoms with Crippen molar-refractivity contribution < 1.29 is 4.79 Å². The topological polar surface area (TPSA) is 62.2 Å². The summed E-state index contributed by atoms with van der Waals surface area (Å²) >= 11 is 0. The molecule has 0 N–H and O–H groups in total. The number of nitrogens with zero attached hydrogens (tertiary/aromatic N) is 5. The molecule has 1 aliphatic heterocycles. The van der Waals surface area contributed by atoms with Gasteiger partial charge in [0.25, 0.3) is 0 Å². The summed E-state index contributed by atoms with van der Waals surface area (Å²) in [6.07, 6.45) is 3.31. The molecule has 1 amide bonds. The van der Waals surface area contributed by atoms with Crippen molar-refractivity contribution in [2.45, 2.75) is 6.92 Å². The second kappa shape index (κ2) is 4.79. The molecule has 19 heavy (non-hydrogen) atoms. The fourth-order valence-electron chi connectivity index (χ4n) is 2.27. The molecule has 0 saturated carbocycles. The number of amides is 1. The van der Waals surface area contributed by atoms with E-state index in [1.165, 1.54) is 0 Å². The van der Waals surface area contributed by atoms with Crippen molar-refractivity contribution in [3.8, 4) is 0 Å². The van der Waals surface area contributed by atoms with Crippen LogP contribution in [0.2, 0.25) is 0 Å². The standard InChI is InChI=1S/C13H15N5O/c1-10(19)17-6-8-18(9-7-17)12-3-2-11-13(16-12)15-5-4-14-11/h2-5H,6-9H2,1H3. The second-order valence-electron chi connectivity index (χ2n) is 4.56. The Labute approximate surface area is 111 Å². The van der Waals surface area contributed by atoms with Crippen molar-refractivity contribution in [3.05, 3.63) is 24.5 Å². The third-order valence-corrected chi connectivity index (χ3v) is 3.37. The Morgan fingerprint density at radius 2 is 1.84 bits per heavy atom. The lowest BCUT2D eigenvalue weighted by Gasteiger charge is -2.34. The van der Waals surface area contributed by atoms with Gasteiger partial charge in [-0.25, -0.2) is 9.97 Å². The van der Waals surface area contributed by atoms with Crippen LogP contribution >= 0.6 is 0 Å². The molecule has 1 fully saturated rings. The van der Waals surface area contributed by atoms with Crippen LogP contribution < -0.4 is 4.90 Å².